The summed E-state index contributed by atoms with van der Waals surface area (Å²) in [7, 11) is 1.67. The Balaban J connectivity index is 1.59. The van der Waals surface area contributed by atoms with Crippen molar-refractivity contribution in [1.29, 1.82) is 0 Å². The number of amides is 3. The molecule has 3 heterocycles. The van der Waals surface area contributed by atoms with Crippen LogP contribution in [0.3, 0.4) is 0 Å². The van der Waals surface area contributed by atoms with E-state index in [9.17, 15) is 23.5 Å². The van der Waals surface area contributed by atoms with Gasteiger partial charge in [0.25, 0.3) is 11.6 Å². The van der Waals surface area contributed by atoms with Gasteiger partial charge in [-0.25, -0.2) is 18.4 Å². The zero-order chi connectivity index (χ0) is 23.9. The van der Waals surface area contributed by atoms with E-state index in [1.165, 1.54) is 4.90 Å². The quantitative estimate of drug-likeness (QED) is 0.692. The highest BCUT2D eigenvalue weighted by atomic mass is 19.1. The van der Waals surface area contributed by atoms with E-state index in [0.29, 0.717) is 49.4 Å². The second-order valence-electron chi connectivity index (χ2n) is 8.35. The van der Waals surface area contributed by atoms with Crippen LogP contribution in [-0.2, 0) is 19.5 Å². The lowest BCUT2D eigenvalue weighted by atomic mass is 10.0. The standard InChI is InChI=1S/C22H24F2N6O3/c1-4-17(31)12-9-28(3)21(32)20-13-11-29(8-7-15(13)27-30(20)10-12)22(33)26-16-6-5-14(23)19(25-2)18(16)24/h5-6,12,17,31H,4,7-11H2,1,3H3,(H,26,33)/t12-,17-/m0/s1. The number of nitrogens with one attached hydrogen (secondary N) is 1. The van der Waals surface area contributed by atoms with Crippen LogP contribution < -0.4 is 5.32 Å². The number of aliphatic hydroxyl groups excluding tert-OH is 1. The molecule has 1 aromatic carbocycles. The van der Waals surface area contributed by atoms with E-state index in [-0.39, 0.29) is 24.1 Å². The Morgan fingerprint density at radius 2 is 2.15 bits per heavy atom. The summed E-state index contributed by atoms with van der Waals surface area (Å²) in [5.74, 6) is -2.53. The van der Waals surface area contributed by atoms with Crippen LogP contribution in [0, 0.1) is 24.1 Å². The fourth-order valence-corrected chi connectivity index (χ4v) is 4.38. The highest BCUT2D eigenvalue weighted by molar-refractivity contribution is 5.95. The summed E-state index contributed by atoms with van der Waals surface area (Å²) in [5, 5.41) is 17.3. The second-order valence-corrected chi connectivity index (χ2v) is 8.35. The number of anilines is 1. The first-order valence-electron chi connectivity index (χ1n) is 10.7. The van der Waals surface area contributed by atoms with Crippen molar-refractivity contribution in [2.75, 3.05) is 25.5 Å². The van der Waals surface area contributed by atoms with Gasteiger partial charge < -0.3 is 20.2 Å². The molecule has 0 unspecified atom stereocenters. The minimum absolute atomic E-state index is 0.0928. The number of aliphatic hydroxyl groups is 1. The molecule has 174 valence electrons. The van der Waals surface area contributed by atoms with Gasteiger partial charge in [0.1, 0.15) is 11.5 Å². The first kappa shape index (κ1) is 22.7. The molecule has 11 heteroatoms. The van der Waals surface area contributed by atoms with Crippen molar-refractivity contribution in [3.05, 3.63) is 52.1 Å². The van der Waals surface area contributed by atoms with Crippen LogP contribution in [0.25, 0.3) is 4.85 Å². The largest absolute Gasteiger partial charge is 0.393 e. The molecule has 2 aromatic rings. The Bertz CT molecular complexity index is 1160. The molecule has 9 nitrogen and oxygen atoms in total. The fourth-order valence-electron chi connectivity index (χ4n) is 4.38. The van der Waals surface area contributed by atoms with E-state index in [0.717, 1.165) is 12.1 Å². The van der Waals surface area contributed by atoms with E-state index in [1.807, 2.05) is 6.92 Å². The number of hydrogen-bond donors (Lipinski definition) is 2. The topological polar surface area (TPSA) is 95.1 Å². The normalized spacial score (nSPS) is 18.8. The number of rotatable bonds is 3. The number of nitrogens with zero attached hydrogens (tertiary/aromatic N) is 5. The molecule has 33 heavy (non-hydrogen) atoms. The second kappa shape index (κ2) is 8.78. The van der Waals surface area contributed by atoms with Crippen molar-refractivity contribution < 1.29 is 23.5 Å². The van der Waals surface area contributed by atoms with Crippen LogP contribution in [0.1, 0.15) is 35.1 Å². The van der Waals surface area contributed by atoms with Crippen LogP contribution in [0.5, 0.6) is 0 Å². The summed E-state index contributed by atoms with van der Waals surface area (Å²) in [6.07, 6.45) is 0.396. The fraction of sp³-hybridized carbons (Fsp3) is 0.455. The number of aromatic nitrogens is 2. The number of fused-ring (bicyclic) bond motifs is 3. The summed E-state index contributed by atoms with van der Waals surface area (Å²) in [4.78, 5) is 31.7. The SMILES string of the molecule is [C-]#[N+]c1c(F)ccc(NC(=O)N2CCc3nn4c(c3C2)C(=O)N(C)C[C@H]([C@@H](O)CC)C4)c1F. The van der Waals surface area contributed by atoms with E-state index in [2.05, 4.69) is 15.3 Å². The summed E-state index contributed by atoms with van der Waals surface area (Å²) in [6.45, 7) is 9.97. The van der Waals surface area contributed by atoms with Gasteiger partial charge >= 0.3 is 6.03 Å². The maximum atomic E-state index is 14.4. The monoisotopic (exact) mass is 458 g/mol. The molecule has 0 spiro atoms. The number of benzene rings is 1. The van der Waals surface area contributed by atoms with Crippen LogP contribution in [0.15, 0.2) is 12.1 Å². The van der Waals surface area contributed by atoms with Gasteiger partial charge in [-0.1, -0.05) is 6.92 Å². The molecular weight excluding hydrogens is 434 g/mol. The van der Waals surface area contributed by atoms with Crippen molar-refractivity contribution in [2.24, 2.45) is 5.92 Å². The van der Waals surface area contributed by atoms with E-state index in [4.69, 9.17) is 6.57 Å². The van der Waals surface area contributed by atoms with Gasteiger partial charge in [0.15, 0.2) is 5.82 Å². The minimum Gasteiger partial charge on any atom is -0.393 e. The lowest BCUT2D eigenvalue weighted by molar-refractivity contribution is 0.0626. The van der Waals surface area contributed by atoms with Crippen molar-refractivity contribution in [3.63, 3.8) is 0 Å². The Labute approximate surface area is 189 Å². The molecule has 2 atom stereocenters. The number of carbonyl (C=O) groups excluding carboxylic acids is 2. The zero-order valence-electron chi connectivity index (χ0n) is 18.3. The number of hydrogen-bond acceptors (Lipinski definition) is 4. The summed E-state index contributed by atoms with van der Waals surface area (Å²) in [6, 6.07) is 1.36. The van der Waals surface area contributed by atoms with E-state index in [1.54, 1.807) is 16.6 Å². The van der Waals surface area contributed by atoms with Gasteiger partial charge in [-0.15, -0.1) is 0 Å². The van der Waals surface area contributed by atoms with Crippen molar-refractivity contribution >= 4 is 23.3 Å². The summed E-state index contributed by atoms with van der Waals surface area (Å²) >= 11 is 0. The molecule has 2 aliphatic rings. The Hall–Kier alpha value is -3.52. The third-order valence-electron chi connectivity index (χ3n) is 6.24. The lowest BCUT2D eigenvalue weighted by Crippen LogP contribution is -2.40. The van der Waals surface area contributed by atoms with Crippen LogP contribution in [0.4, 0.5) is 25.0 Å². The average Bonchev–Trinajstić information content (AvgIpc) is 3.10. The highest BCUT2D eigenvalue weighted by Gasteiger charge is 2.36. The zero-order valence-corrected chi connectivity index (χ0v) is 18.3. The molecule has 0 radical (unpaired) electrons. The van der Waals surface area contributed by atoms with Gasteiger partial charge in [-0.05, 0) is 18.6 Å². The molecule has 0 aliphatic carbocycles. The highest BCUT2D eigenvalue weighted by Crippen LogP contribution is 2.30. The lowest BCUT2D eigenvalue weighted by Gasteiger charge is -2.28. The molecule has 2 aliphatic heterocycles. The third-order valence-corrected chi connectivity index (χ3v) is 6.24. The maximum absolute atomic E-state index is 14.4. The Morgan fingerprint density at radius 1 is 1.39 bits per heavy atom. The molecule has 2 N–H and O–H groups in total. The summed E-state index contributed by atoms with van der Waals surface area (Å²) in [5.41, 5.74) is 0.651. The molecule has 0 saturated carbocycles. The number of carbonyl (C=O) groups is 2. The van der Waals surface area contributed by atoms with Gasteiger partial charge in [0.2, 0.25) is 0 Å². The van der Waals surface area contributed by atoms with Crippen LogP contribution >= 0.6 is 0 Å². The molecule has 1 aromatic heterocycles. The van der Waals surface area contributed by atoms with Gasteiger partial charge in [0.05, 0.1) is 30.6 Å². The van der Waals surface area contributed by atoms with Crippen molar-refractivity contribution in [2.45, 2.75) is 39.0 Å². The number of halogens is 2. The molecule has 0 fully saturated rings. The average molecular weight is 458 g/mol. The molecule has 4 rings (SSSR count). The van der Waals surface area contributed by atoms with Gasteiger partial charge in [0, 0.05) is 44.6 Å². The van der Waals surface area contributed by atoms with Crippen molar-refractivity contribution in [3.8, 4) is 0 Å². The Kier molecular flexibility index (Phi) is 6.03. The first-order valence-corrected chi connectivity index (χ1v) is 10.7. The molecule has 0 saturated heterocycles. The minimum atomic E-state index is -1.13. The van der Waals surface area contributed by atoms with Crippen molar-refractivity contribution in [1.82, 2.24) is 19.6 Å². The van der Waals surface area contributed by atoms with E-state index >= 15 is 0 Å². The smallest absolute Gasteiger partial charge is 0.322 e. The number of urea groups is 1. The van der Waals surface area contributed by atoms with E-state index < -0.39 is 29.5 Å². The summed E-state index contributed by atoms with van der Waals surface area (Å²) < 4.78 is 29.6. The van der Waals surface area contributed by atoms with Crippen LogP contribution in [-0.4, -0.2) is 62.9 Å². The molecular formula is C22H24F2N6O3. The predicted molar refractivity (Wildman–Crippen MR) is 115 cm³/mol. The third kappa shape index (κ3) is 4.02. The van der Waals surface area contributed by atoms with Gasteiger partial charge in [-0.2, -0.15) is 5.10 Å². The maximum Gasteiger partial charge on any atom is 0.322 e. The molecule has 0 bridgehead atoms. The Morgan fingerprint density at radius 3 is 2.85 bits per heavy atom. The predicted octanol–water partition coefficient (Wildman–Crippen LogP) is 2.77. The molecule has 3 amide bonds. The van der Waals surface area contributed by atoms with Gasteiger partial charge in [-0.3, -0.25) is 9.48 Å². The first-order chi connectivity index (χ1) is 15.7. The van der Waals surface area contributed by atoms with Crippen LogP contribution in [0.2, 0.25) is 0 Å².